The van der Waals surface area contributed by atoms with E-state index in [0.29, 0.717) is 6.42 Å². The zero-order valence-corrected chi connectivity index (χ0v) is 34.2. The number of hydrogen-bond donors (Lipinski definition) is 4. The summed E-state index contributed by atoms with van der Waals surface area (Å²) in [5, 5.41) is 33.2. The van der Waals surface area contributed by atoms with E-state index in [1.807, 2.05) is 6.08 Å². The number of hydrogen-bond acceptors (Lipinski definition) is 4. The van der Waals surface area contributed by atoms with Crippen LogP contribution in [0.1, 0.15) is 239 Å². The number of unbranched alkanes of at least 4 members (excludes halogenated alkanes) is 30. The van der Waals surface area contributed by atoms with Gasteiger partial charge >= 0.3 is 0 Å². The van der Waals surface area contributed by atoms with Crippen LogP contribution in [-0.4, -0.2) is 46.1 Å². The van der Waals surface area contributed by atoms with Crippen molar-refractivity contribution in [1.82, 2.24) is 5.32 Å². The topological polar surface area (TPSA) is 89.8 Å². The summed E-state index contributed by atoms with van der Waals surface area (Å²) >= 11 is 0. The van der Waals surface area contributed by atoms with Crippen molar-refractivity contribution in [2.75, 3.05) is 6.61 Å². The number of amides is 1. The number of aliphatic hydroxyl groups excluding tert-OH is 3. The molecular weight excluding hydrogens is 631 g/mol. The Kier molecular flexibility index (Phi) is 40.6. The van der Waals surface area contributed by atoms with Gasteiger partial charge in [0, 0.05) is 0 Å². The smallest absolute Gasteiger partial charge is 0.222 e. The van der Waals surface area contributed by atoms with Gasteiger partial charge in [-0.1, -0.05) is 224 Å². The van der Waals surface area contributed by atoms with Crippen molar-refractivity contribution in [2.45, 2.75) is 257 Å². The van der Waals surface area contributed by atoms with Crippen LogP contribution >= 0.6 is 0 Å². The van der Waals surface area contributed by atoms with E-state index in [1.165, 1.54) is 180 Å². The minimum absolute atomic E-state index is 0.00976. The fourth-order valence-electron chi connectivity index (χ4n) is 7.00. The van der Waals surface area contributed by atoms with Crippen molar-refractivity contribution >= 4 is 5.91 Å². The van der Waals surface area contributed by atoms with Gasteiger partial charge in [-0.25, -0.2) is 0 Å². The van der Waals surface area contributed by atoms with Gasteiger partial charge in [0.1, 0.15) is 0 Å². The Balaban J connectivity index is 3.62. The van der Waals surface area contributed by atoms with E-state index >= 15 is 0 Å². The second-order valence-electron chi connectivity index (χ2n) is 15.7. The molecule has 51 heavy (non-hydrogen) atoms. The average Bonchev–Trinajstić information content (AvgIpc) is 3.12. The Morgan fingerprint density at radius 3 is 1.25 bits per heavy atom. The predicted molar refractivity (Wildman–Crippen MR) is 222 cm³/mol. The molecule has 0 aliphatic rings. The second-order valence-corrected chi connectivity index (χ2v) is 15.7. The molecule has 0 aliphatic carbocycles. The van der Waals surface area contributed by atoms with Gasteiger partial charge in [0.2, 0.25) is 5.91 Å². The van der Waals surface area contributed by atoms with Crippen molar-refractivity contribution in [3.05, 3.63) is 24.3 Å². The van der Waals surface area contributed by atoms with E-state index in [2.05, 4.69) is 31.3 Å². The van der Waals surface area contributed by atoms with Gasteiger partial charge in [-0.05, 0) is 32.1 Å². The summed E-state index contributed by atoms with van der Waals surface area (Å²) in [7, 11) is 0. The fraction of sp³-hybridized carbons (Fsp3) is 0.891. The number of rotatable bonds is 41. The highest BCUT2D eigenvalue weighted by molar-refractivity contribution is 5.76. The number of carbonyl (C=O) groups is 1. The minimum Gasteiger partial charge on any atom is -0.394 e. The Morgan fingerprint density at radius 2 is 0.843 bits per heavy atom. The van der Waals surface area contributed by atoms with Crippen LogP contribution in [0.15, 0.2) is 24.3 Å². The van der Waals surface area contributed by atoms with Gasteiger partial charge in [0.05, 0.1) is 31.3 Å². The van der Waals surface area contributed by atoms with E-state index in [1.54, 1.807) is 6.08 Å². The van der Waals surface area contributed by atoms with Crippen LogP contribution < -0.4 is 5.32 Å². The molecule has 3 unspecified atom stereocenters. The lowest BCUT2D eigenvalue weighted by atomic mass is 10.0. The molecule has 302 valence electrons. The van der Waals surface area contributed by atoms with Crippen molar-refractivity contribution < 1.29 is 20.1 Å². The third-order valence-corrected chi connectivity index (χ3v) is 10.5. The van der Waals surface area contributed by atoms with Crippen molar-refractivity contribution in [2.24, 2.45) is 0 Å². The summed E-state index contributed by atoms with van der Waals surface area (Å²) < 4.78 is 0. The molecule has 0 fully saturated rings. The van der Waals surface area contributed by atoms with Gasteiger partial charge in [0.15, 0.2) is 0 Å². The van der Waals surface area contributed by atoms with Crippen molar-refractivity contribution in [3.63, 3.8) is 0 Å². The van der Waals surface area contributed by atoms with Gasteiger partial charge in [-0.15, -0.1) is 0 Å². The lowest BCUT2D eigenvalue weighted by molar-refractivity contribution is -0.124. The minimum atomic E-state index is -0.948. The molecule has 0 saturated heterocycles. The standard InChI is InChI=1S/C46H89NO4/c1-3-5-7-9-11-13-15-17-19-20-21-22-23-24-25-26-27-29-31-33-35-37-39-43(49)41-46(51)47-44(42-48)45(50)40-38-36-34-32-30-28-18-16-14-12-10-8-6-4-2/h30,32,38,40,43-45,48-50H,3-29,31,33-37,39,41-42H2,1-2H3,(H,47,51)/b32-30+,40-38+. The third-order valence-electron chi connectivity index (χ3n) is 10.5. The highest BCUT2D eigenvalue weighted by Crippen LogP contribution is 2.16. The van der Waals surface area contributed by atoms with Crippen LogP contribution in [0.25, 0.3) is 0 Å². The Hall–Kier alpha value is -1.17. The first-order chi connectivity index (χ1) is 25.0. The fourth-order valence-corrected chi connectivity index (χ4v) is 7.00. The van der Waals surface area contributed by atoms with E-state index in [0.717, 1.165) is 32.1 Å². The van der Waals surface area contributed by atoms with Crippen molar-refractivity contribution in [1.29, 1.82) is 0 Å². The summed E-state index contributed by atoms with van der Waals surface area (Å²) in [6.07, 6.45) is 50.4. The van der Waals surface area contributed by atoms with Crippen LogP contribution in [0.3, 0.4) is 0 Å². The Morgan fingerprint density at radius 1 is 0.490 bits per heavy atom. The summed E-state index contributed by atoms with van der Waals surface area (Å²) in [6, 6.07) is -0.757. The number of carbonyl (C=O) groups excluding carboxylic acids is 1. The highest BCUT2D eigenvalue weighted by Gasteiger charge is 2.20. The Labute approximate surface area is 318 Å². The maximum atomic E-state index is 12.4. The zero-order valence-electron chi connectivity index (χ0n) is 34.2. The predicted octanol–water partition coefficient (Wildman–Crippen LogP) is 13.0. The zero-order chi connectivity index (χ0) is 37.3. The molecule has 3 atom stereocenters. The molecule has 0 aromatic rings. The maximum absolute atomic E-state index is 12.4. The van der Waals surface area contributed by atoms with Crippen LogP contribution in [0.4, 0.5) is 0 Å². The molecule has 1 amide bonds. The molecule has 0 radical (unpaired) electrons. The lowest BCUT2D eigenvalue weighted by Crippen LogP contribution is -2.45. The summed E-state index contributed by atoms with van der Waals surface area (Å²) in [6.45, 7) is 4.20. The molecule has 0 spiro atoms. The van der Waals surface area contributed by atoms with E-state index in [-0.39, 0.29) is 18.9 Å². The van der Waals surface area contributed by atoms with Crippen LogP contribution in [-0.2, 0) is 4.79 Å². The molecule has 0 bridgehead atoms. The lowest BCUT2D eigenvalue weighted by Gasteiger charge is -2.21. The van der Waals surface area contributed by atoms with E-state index < -0.39 is 18.2 Å². The van der Waals surface area contributed by atoms with Gasteiger partial charge in [-0.3, -0.25) is 4.79 Å². The van der Waals surface area contributed by atoms with Crippen molar-refractivity contribution in [3.8, 4) is 0 Å². The van der Waals surface area contributed by atoms with Crippen LogP contribution in [0.5, 0.6) is 0 Å². The second kappa shape index (κ2) is 41.6. The quantitative estimate of drug-likeness (QED) is 0.0374. The van der Waals surface area contributed by atoms with Gasteiger partial charge < -0.3 is 20.6 Å². The number of nitrogens with one attached hydrogen (secondary N) is 1. The monoisotopic (exact) mass is 720 g/mol. The largest absolute Gasteiger partial charge is 0.394 e. The first-order valence-corrected chi connectivity index (χ1v) is 22.6. The molecular formula is C46H89NO4. The van der Waals surface area contributed by atoms with Gasteiger partial charge in [0.25, 0.3) is 0 Å². The molecule has 4 N–H and O–H groups in total. The van der Waals surface area contributed by atoms with Gasteiger partial charge in [-0.2, -0.15) is 0 Å². The number of allylic oxidation sites excluding steroid dienone is 3. The molecule has 0 aromatic carbocycles. The SMILES string of the molecule is CCCCCCCCCC/C=C/CC/C=C/C(O)C(CO)NC(=O)CC(O)CCCCCCCCCCCCCCCCCCCCCCCC. The molecule has 0 saturated carbocycles. The molecule has 0 aliphatic heterocycles. The first kappa shape index (κ1) is 49.8. The first-order valence-electron chi connectivity index (χ1n) is 22.6. The number of aliphatic hydroxyl groups is 3. The third kappa shape index (κ3) is 38.4. The highest BCUT2D eigenvalue weighted by atomic mass is 16.3. The van der Waals surface area contributed by atoms with E-state index in [9.17, 15) is 20.1 Å². The maximum Gasteiger partial charge on any atom is 0.222 e. The molecule has 5 nitrogen and oxygen atoms in total. The molecule has 0 aromatic heterocycles. The molecule has 0 heterocycles. The average molecular weight is 720 g/mol. The Bertz CT molecular complexity index is 754. The summed E-state index contributed by atoms with van der Waals surface area (Å²) in [5.74, 6) is -0.323. The van der Waals surface area contributed by atoms with Crippen LogP contribution in [0.2, 0.25) is 0 Å². The summed E-state index contributed by atoms with van der Waals surface area (Å²) in [5.41, 5.74) is 0. The normalized spacial score (nSPS) is 13.7. The van der Waals surface area contributed by atoms with Crippen LogP contribution in [0, 0.1) is 0 Å². The van der Waals surface area contributed by atoms with E-state index in [4.69, 9.17) is 0 Å². The summed E-state index contributed by atoms with van der Waals surface area (Å²) in [4.78, 5) is 12.4. The molecule has 5 heteroatoms. The molecule has 0 rings (SSSR count).